The van der Waals surface area contributed by atoms with Crippen LogP contribution in [-0.2, 0) is 0 Å². The van der Waals surface area contributed by atoms with Crippen LogP contribution in [0.5, 0.6) is 0 Å². The Morgan fingerprint density at radius 2 is 1.79 bits per heavy atom. The molecule has 3 aliphatic heterocycles. The number of aromatic nitrogens is 2. The lowest BCUT2D eigenvalue weighted by Gasteiger charge is -2.33. The number of hydrogen-bond donors (Lipinski definition) is 0. The second-order valence-electron chi connectivity index (χ2n) is 7.51. The number of rotatable bonds is 2. The Hall–Kier alpha value is -1.88. The molecule has 5 heteroatoms. The third-order valence-electron chi connectivity index (χ3n) is 6.22. The van der Waals surface area contributed by atoms with Crippen molar-refractivity contribution in [3.8, 4) is 0 Å². The molecule has 0 amide bonds. The van der Waals surface area contributed by atoms with Crippen LogP contribution in [0.15, 0.2) is 29.3 Å². The van der Waals surface area contributed by atoms with Crippen molar-refractivity contribution in [3.05, 3.63) is 34.9 Å². The highest BCUT2D eigenvalue weighted by Gasteiger charge is 2.29. The molecule has 2 bridgehead atoms. The highest BCUT2D eigenvalue weighted by Crippen LogP contribution is 2.31. The molecule has 5 nitrogen and oxygen atoms in total. The molecule has 0 unspecified atom stereocenters. The molecule has 6 rings (SSSR count). The number of benzene rings is 1. The molecule has 2 aromatic rings. The fourth-order valence-corrected chi connectivity index (χ4v) is 4.45. The van der Waals surface area contributed by atoms with Crippen molar-refractivity contribution in [2.24, 2.45) is 0 Å². The minimum absolute atomic E-state index is 0.134. The van der Waals surface area contributed by atoms with E-state index in [1.165, 1.54) is 38.0 Å². The predicted octanol–water partition coefficient (Wildman–Crippen LogP) is 2.41. The SMILES string of the molecule is O=c1c2cc(N3CCN4CCC3CC4)ccc2ncn1C1CCC1. The minimum atomic E-state index is 0.134. The van der Waals surface area contributed by atoms with Crippen LogP contribution >= 0.6 is 0 Å². The van der Waals surface area contributed by atoms with Crippen molar-refractivity contribution >= 4 is 16.6 Å². The van der Waals surface area contributed by atoms with Crippen LogP contribution in [0.4, 0.5) is 5.69 Å². The molecule has 126 valence electrons. The van der Waals surface area contributed by atoms with E-state index in [0.717, 1.165) is 36.8 Å². The van der Waals surface area contributed by atoms with E-state index < -0.39 is 0 Å². The maximum Gasteiger partial charge on any atom is 0.261 e. The molecular formula is C19H24N4O. The third kappa shape index (κ3) is 2.25. The Balaban J connectivity index is 1.57. The molecule has 0 atom stereocenters. The van der Waals surface area contributed by atoms with E-state index in [0.29, 0.717) is 12.1 Å². The van der Waals surface area contributed by atoms with Crippen LogP contribution in [0, 0.1) is 0 Å². The first-order valence-corrected chi connectivity index (χ1v) is 9.29. The van der Waals surface area contributed by atoms with Gasteiger partial charge in [-0.15, -0.1) is 0 Å². The van der Waals surface area contributed by atoms with Crippen molar-refractivity contribution in [1.82, 2.24) is 14.5 Å². The van der Waals surface area contributed by atoms with Gasteiger partial charge in [0.2, 0.25) is 0 Å². The molecule has 0 N–H and O–H groups in total. The number of piperidine rings is 1. The quantitative estimate of drug-likeness (QED) is 0.851. The summed E-state index contributed by atoms with van der Waals surface area (Å²) < 4.78 is 1.86. The predicted molar refractivity (Wildman–Crippen MR) is 95.7 cm³/mol. The molecule has 1 saturated carbocycles. The summed E-state index contributed by atoms with van der Waals surface area (Å²) in [6, 6.07) is 7.24. The summed E-state index contributed by atoms with van der Waals surface area (Å²) >= 11 is 0. The van der Waals surface area contributed by atoms with Gasteiger partial charge < -0.3 is 9.80 Å². The maximum absolute atomic E-state index is 12.9. The third-order valence-corrected chi connectivity index (χ3v) is 6.22. The van der Waals surface area contributed by atoms with Gasteiger partial charge in [0.05, 0.1) is 17.2 Å². The first-order valence-electron chi connectivity index (χ1n) is 9.29. The highest BCUT2D eigenvalue weighted by atomic mass is 16.1. The molecule has 0 spiro atoms. The Morgan fingerprint density at radius 3 is 2.54 bits per heavy atom. The largest absolute Gasteiger partial charge is 0.367 e. The van der Waals surface area contributed by atoms with E-state index in [9.17, 15) is 4.79 Å². The second kappa shape index (κ2) is 5.59. The smallest absolute Gasteiger partial charge is 0.261 e. The molecule has 4 aliphatic rings. The zero-order valence-corrected chi connectivity index (χ0v) is 14.0. The van der Waals surface area contributed by atoms with Crippen molar-refractivity contribution in [2.75, 3.05) is 31.1 Å². The summed E-state index contributed by atoms with van der Waals surface area (Å²) in [7, 11) is 0. The van der Waals surface area contributed by atoms with Crippen molar-refractivity contribution < 1.29 is 0 Å². The van der Waals surface area contributed by atoms with Crippen LogP contribution in [-0.4, -0.2) is 46.7 Å². The average molecular weight is 324 g/mol. The Labute approximate surface area is 141 Å². The summed E-state index contributed by atoms with van der Waals surface area (Å²) in [5.41, 5.74) is 2.15. The molecule has 0 radical (unpaired) electrons. The number of fused-ring (bicyclic) bond motifs is 5. The molecular weight excluding hydrogens is 300 g/mol. The first-order chi connectivity index (χ1) is 11.8. The van der Waals surface area contributed by atoms with E-state index in [2.05, 4.69) is 26.9 Å². The van der Waals surface area contributed by atoms with E-state index in [1.54, 1.807) is 6.33 Å². The average Bonchev–Trinajstić information content (AvgIpc) is 2.89. The number of hydrogen-bond acceptors (Lipinski definition) is 4. The minimum Gasteiger partial charge on any atom is -0.367 e. The summed E-state index contributed by atoms with van der Waals surface area (Å²) in [5.74, 6) is 0. The van der Waals surface area contributed by atoms with Gasteiger partial charge in [0.1, 0.15) is 0 Å². The molecule has 1 aromatic carbocycles. The zero-order chi connectivity index (χ0) is 16.1. The van der Waals surface area contributed by atoms with Crippen molar-refractivity contribution in [1.29, 1.82) is 0 Å². The maximum atomic E-state index is 12.9. The lowest BCUT2D eigenvalue weighted by molar-refractivity contribution is 0.250. The van der Waals surface area contributed by atoms with Crippen LogP contribution in [0.2, 0.25) is 0 Å². The van der Waals surface area contributed by atoms with Gasteiger partial charge in [0.25, 0.3) is 5.56 Å². The van der Waals surface area contributed by atoms with Crippen LogP contribution < -0.4 is 10.5 Å². The summed E-state index contributed by atoms with van der Waals surface area (Å²) in [6.07, 6.45) is 7.65. The van der Waals surface area contributed by atoms with Gasteiger partial charge in [-0.3, -0.25) is 9.36 Å². The van der Waals surface area contributed by atoms with E-state index in [1.807, 2.05) is 10.6 Å². The van der Waals surface area contributed by atoms with Gasteiger partial charge in [0.15, 0.2) is 0 Å². The van der Waals surface area contributed by atoms with Gasteiger partial charge in [-0.05, 0) is 50.3 Å². The second-order valence-corrected chi connectivity index (χ2v) is 7.51. The molecule has 24 heavy (non-hydrogen) atoms. The molecule has 4 fully saturated rings. The van der Waals surface area contributed by atoms with E-state index in [-0.39, 0.29) is 5.56 Å². The zero-order valence-electron chi connectivity index (χ0n) is 14.0. The van der Waals surface area contributed by atoms with Gasteiger partial charge in [-0.25, -0.2) is 4.98 Å². The van der Waals surface area contributed by atoms with Gasteiger partial charge in [-0.1, -0.05) is 0 Å². The van der Waals surface area contributed by atoms with Gasteiger partial charge in [0, 0.05) is 44.0 Å². The van der Waals surface area contributed by atoms with Crippen LogP contribution in [0.1, 0.15) is 38.1 Å². The van der Waals surface area contributed by atoms with Crippen LogP contribution in [0.3, 0.4) is 0 Å². The van der Waals surface area contributed by atoms with E-state index in [4.69, 9.17) is 0 Å². The van der Waals surface area contributed by atoms with Crippen LogP contribution in [0.25, 0.3) is 10.9 Å². The standard InChI is InChI=1S/C19H24N4O/c24-19-17-12-16(22-11-10-21-8-6-15(22)7-9-21)4-5-18(17)20-13-23(19)14-2-1-3-14/h4-5,12-15H,1-3,6-11H2. The topological polar surface area (TPSA) is 41.4 Å². The first kappa shape index (κ1) is 14.5. The van der Waals surface area contributed by atoms with Gasteiger partial charge >= 0.3 is 0 Å². The van der Waals surface area contributed by atoms with E-state index >= 15 is 0 Å². The Morgan fingerprint density at radius 1 is 0.958 bits per heavy atom. The van der Waals surface area contributed by atoms with Crippen molar-refractivity contribution in [3.63, 3.8) is 0 Å². The molecule has 3 saturated heterocycles. The monoisotopic (exact) mass is 324 g/mol. The van der Waals surface area contributed by atoms with Crippen molar-refractivity contribution in [2.45, 2.75) is 44.2 Å². The lowest BCUT2D eigenvalue weighted by Crippen LogP contribution is -2.38. The number of anilines is 1. The summed E-state index contributed by atoms with van der Waals surface area (Å²) in [6.45, 7) is 4.62. The number of nitrogens with zero attached hydrogens (tertiary/aromatic N) is 4. The lowest BCUT2D eigenvalue weighted by atomic mass is 9.93. The molecule has 1 aromatic heterocycles. The Kier molecular flexibility index (Phi) is 3.37. The highest BCUT2D eigenvalue weighted by molar-refractivity contribution is 5.81. The molecule has 4 heterocycles. The Bertz CT molecular complexity index is 818. The fourth-order valence-electron chi connectivity index (χ4n) is 4.45. The normalized spacial score (nSPS) is 27.2. The summed E-state index contributed by atoms with van der Waals surface area (Å²) in [5, 5.41) is 0.779. The summed E-state index contributed by atoms with van der Waals surface area (Å²) in [4.78, 5) is 22.5. The molecule has 1 aliphatic carbocycles. The fraction of sp³-hybridized carbons (Fsp3) is 0.579. The van der Waals surface area contributed by atoms with Gasteiger partial charge in [-0.2, -0.15) is 0 Å².